The Morgan fingerprint density at radius 3 is 2.79 bits per heavy atom. The predicted octanol–water partition coefficient (Wildman–Crippen LogP) is 2.22. The predicted molar refractivity (Wildman–Crippen MR) is 85.9 cm³/mol. The number of carbonyl (C=O) groups excluding carboxylic acids is 1. The monoisotopic (exact) mass is 339 g/mol. The number of furan rings is 1. The maximum Gasteiger partial charge on any atom is 0.339 e. The maximum absolute atomic E-state index is 12.3. The first kappa shape index (κ1) is 18.5. The van der Waals surface area contributed by atoms with Crippen molar-refractivity contribution in [1.29, 1.82) is 0 Å². The summed E-state index contributed by atoms with van der Waals surface area (Å²) in [7, 11) is 1.64. The van der Waals surface area contributed by atoms with E-state index in [9.17, 15) is 9.59 Å². The zero-order valence-corrected chi connectivity index (χ0v) is 14.4. The summed E-state index contributed by atoms with van der Waals surface area (Å²) in [5, 5.41) is 9.03. The first-order valence-electron chi connectivity index (χ1n) is 8.19. The number of amides is 1. The number of ether oxygens (including phenoxy) is 2. The summed E-state index contributed by atoms with van der Waals surface area (Å²) in [5.41, 5.74) is 0.115. The number of rotatable bonds is 7. The summed E-state index contributed by atoms with van der Waals surface area (Å²) in [6, 6.07) is 1.45. The van der Waals surface area contributed by atoms with Crippen LogP contribution in [0.4, 0.5) is 0 Å². The van der Waals surface area contributed by atoms with E-state index < -0.39 is 12.1 Å². The molecule has 1 N–H and O–H groups in total. The molecule has 1 aromatic heterocycles. The highest BCUT2D eigenvalue weighted by Crippen LogP contribution is 2.17. The Balaban J connectivity index is 1.84. The summed E-state index contributed by atoms with van der Waals surface area (Å²) in [4.78, 5) is 24.8. The number of aromatic carboxylic acids is 1. The van der Waals surface area contributed by atoms with Gasteiger partial charge in [-0.1, -0.05) is 0 Å². The van der Waals surface area contributed by atoms with Crippen LogP contribution in [0.5, 0.6) is 0 Å². The molecular weight excluding hydrogens is 314 g/mol. The van der Waals surface area contributed by atoms with Crippen LogP contribution in [0, 0.1) is 6.92 Å². The van der Waals surface area contributed by atoms with E-state index in [0.29, 0.717) is 18.1 Å². The third-order valence-corrected chi connectivity index (χ3v) is 4.12. The minimum atomic E-state index is -1.04. The highest BCUT2D eigenvalue weighted by Gasteiger charge is 2.23. The van der Waals surface area contributed by atoms with Gasteiger partial charge in [0.05, 0.1) is 19.3 Å². The minimum absolute atomic E-state index is 0.0603. The standard InChI is InChI=1S/C17H25NO6/c1-11-15(17(20)21)8-14(24-11)9-18(3)16(19)12(2)23-10-13-6-4-5-7-22-13/h8,12-13H,4-7,9-10H2,1-3H3,(H,20,21)/t12-,13+/m0/s1. The van der Waals surface area contributed by atoms with Gasteiger partial charge in [0.2, 0.25) is 0 Å². The van der Waals surface area contributed by atoms with Crippen molar-refractivity contribution < 1.29 is 28.6 Å². The third-order valence-electron chi connectivity index (χ3n) is 4.12. The molecule has 0 unspecified atom stereocenters. The van der Waals surface area contributed by atoms with Gasteiger partial charge >= 0.3 is 5.97 Å². The molecule has 1 amide bonds. The van der Waals surface area contributed by atoms with Crippen LogP contribution in [0.3, 0.4) is 0 Å². The lowest BCUT2D eigenvalue weighted by Crippen LogP contribution is -2.37. The van der Waals surface area contributed by atoms with Crippen molar-refractivity contribution in [2.24, 2.45) is 0 Å². The molecule has 7 heteroatoms. The quantitative estimate of drug-likeness (QED) is 0.819. The summed E-state index contributed by atoms with van der Waals surface area (Å²) in [6.07, 6.45) is 2.63. The van der Waals surface area contributed by atoms with E-state index in [4.69, 9.17) is 19.0 Å². The molecule has 7 nitrogen and oxygen atoms in total. The fraction of sp³-hybridized carbons (Fsp3) is 0.647. The van der Waals surface area contributed by atoms with Gasteiger partial charge in [-0.05, 0) is 39.2 Å². The molecule has 2 heterocycles. The summed E-state index contributed by atoms with van der Waals surface area (Å²) >= 11 is 0. The minimum Gasteiger partial charge on any atom is -0.478 e. The Bertz CT molecular complexity index is 576. The molecular formula is C17H25NO6. The average Bonchev–Trinajstić information content (AvgIpc) is 2.93. The van der Waals surface area contributed by atoms with Gasteiger partial charge < -0.3 is 23.9 Å². The van der Waals surface area contributed by atoms with E-state index in [2.05, 4.69) is 0 Å². The van der Waals surface area contributed by atoms with E-state index in [-0.39, 0.29) is 24.1 Å². The first-order chi connectivity index (χ1) is 11.4. The average molecular weight is 339 g/mol. The van der Waals surface area contributed by atoms with Gasteiger partial charge in [-0.3, -0.25) is 4.79 Å². The van der Waals surface area contributed by atoms with Crippen LogP contribution in [-0.4, -0.2) is 54.4 Å². The summed E-state index contributed by atoms with van der Waals surface area (Å²) in [5.74, 6) is -0.460. The van der Waals surface area contributed by atoms with Crippen LogP contribution in [0.25, 0.3) is 0 Å². The van der Waals surface area contributed by atoms with Crippen molar-refractivity contribution in [2.75, 3.05) is 20.3 Å². The molecule has 1 saturated heterocycles. The van der Waals surface area contributed by atoms with Gasteiger partial charge in [0.15, 0.2) is 0 Å². The van der Waals surface area contributed by atoms with Gasteiger partial charge in [0.25, 0.3) is 5.91 Å². The van der Waals surface area contributed by atoms with Crippen molar-refractivity contribution in [3.8, 4) is 0 Å². The number of hydrogen-bond acceptors (Lipinski definition) is 5. The number of carbonyl (C=O) groups is 2. The molecule has 1 aliphatic rings. The molecule has 0 spiro atoms. The summed E-state index contributed by atoms with van der Waals surface area (Å²) < 4.78 is 16.6. The van der Waals surface area contributed by atoms with Crippen LogP contribution < -0.4 is 0 Å². The third kappa shape index (κ3) is 4.82. The second-order valence-corrected chi connectivity index (χ2v) is 6.15. The number of aryl methyl sites for hydroxylation is 1. The SMILES string of the molecule is Cc1oc(CN(C)C(=O)[C@H](C)OC[C@H]2CCCCO2)cc1C(=O)O. The van der Waals surface area contributed by atoms with E-state index in [1.54, 1.807) is 20.9 Å². The zero-order valence-electron chi connectivity index (χ0n) is 14.4. The molecule has 1 fully saturated rings. The van der Waals surface area contributed by atoms with Crippen molar-refractivity contribution in [3.63, 3.8) is 0 Å². The van der Waals surface area contributed by atoms with Crippen LogP contribution in [-0.2, 0) is 20.8 Å². The largest absolute Gasteiger partial charge is 0.478 e. The fourth-order valence-electron chi connectivity index (χ4n) is 2.72. The number of carboxylic acid groups (broad SMARTS) is 1. The Morgan fingerprint density at radius 1 is 1.46 bits per heavy atom. The lowest BCUT2D eigenvalue weighted by Gasteiger charge is -2.25. The number of nitrogens with zero attached hydrogens (tertiary/aromatic N) is 1. The number of hydrogen-bond donors (Lipinski definition) is 1. The van der Waals surface area contributed by atoms with Gasteiger partial charge in [0.1, 0.15) is 23.2 Å². The molecule has 0 bridgehead atoms. The molecule has 1 aliphatic heterocycles. The second kappa shape index (κ2) is 8.30. The topological polar surface area (TPSA) is 89.2 Å². The Kier molecular flexibility index (Phi) is 6.39. The normalized spacial score (nSPS) is 19.0. The van der Waals surface area contributed by atoms with Crippen LogP contribution in [0.2, 0.25) is 0 Å². The highest BCUT2D eigenvalue weighted by atomic mass is 16.5. The van der Waals surface area contributed by atoms with Crippen molar-refractivity contribution >= 4 is 11.9 Å². The smallest absolute Gasteiger partial charge is 0.339 e. The highest BCUT2D eigenvalue weighted by molar-refractivity contribution is 5.88. The van der Waals surface area contributed by atoms with Gasteiger partial charge in [-0.15, -0.1) is 0 Å². The number of carboxylic acids is 1. The van der Waals surface area contributed by atoms with Gasteiger partial charge in [-0.25, -0.2) is 4.79 Å². The molecule has 2 atom stereocenters. The zero-order chi connectivity index (χ0) is 17.7. The molecule has 0 aromatic carbocycles. The van der Waals surface area contributed by atoms with E-state index in [1.807, 2.05) is 0 Å². The fourth-order valence-corrected chi connectivity index (χ4v) is 2.72. The van der Waals surface area contributed by atoms with Crippen molar-refractivity contribution in [1.82, 2.24) is 4.90 Å². The van der Waals surface area contributed by atoms with E-state index in [0.717, 1.165) is 25.9 Å². The van der Waals surface area contributed by atoms with Gasteiger partial charge in [0, 0.05) is 13.7 Å². The second-order valence-electron chi connectivity index (χ2n) is 6.15. The number of likely N-dealkylation sites (N-methyl/N-ethyl adjacent to an activating group) is 1. The van der Waals surface area contributed by atoms with E-state index >= 15 is 0 Å². The molecule has 0 saturated carbocycles. The van der Waals surface area contributed by atoms with Crippen molar-refractivity contribution in [2.45, 2.75) is 51.9 Å². The molecule has 134 valence electrons. The van der Waals surface area contributed by atoms with E-state index in [1.165, 1.54) is 11.0 Å². The van der Waals surface area contributed by atoms with Crippen molar-refractivity contribution in [3.05, 3.63) is 23.2 Å². The van der Waals surface area contributed by atoms with Crippen LogP contribution >= 0.6 is 0 Å². The maximum atomic E-state index is 12.3. The first-order valence-corrected chi connectivity index (χ1v) is 8.19. The van der Waals surface area contributed by atoms with Gasteiger partial charge in [-0.2, -0.15) is 0 Å². The Hall–Kier alpha value is -1.86. The lowest BCUT2D eigenvalue weighted by molar-refractivity contribution is -0.145. The van der Waals surface area contributed by atoms with Crippen LogP contribution in [0.1, 0.15) is 48.1 Å². The molecule has 0 aliphatic carbocycles. The molecule has 2 rings (SSSR count). The Morgan fingerprint density at radius 2 is 2.21 bits per heavy atom. The molecule has 1 aromatic rings. The Labute approximate surface area is 141 Å². The molecule has 24 heavy (non-hydrogen) atoms. The summed E-state index contributed by atoms with van der Waals surface area (Å²) in [6.45, 7) is 4.65. The lowest BCUT2D eigenvalue weighted by atomic mass is 10.1. The molecule has 0 radical (unpaired) electrons. The van der Waals surface area contributed by atoms with Crippen LogP contribution in [0.15, 0.2) is 10.5 Å².